The molecule has 23 heavy (non-hydrogen) atoms. The van der Waals surface area contributed by atoms with E-state index >= 15 is 0 Å². The molecule has 3 aromatic rings. The number of nitrogens with zero attached hydrogens (tertiary/aromatic N) is 4. The summed E-state index contributed by atoms with van der Waals surface area (Å²) in [5, 5.41) is 13.0. The zero-order valence-corrected chi connectivity index (χ0v) is 12.9. The summed E-state index contributed by atoms with van der Waals surface area (Å²) in [6.45, 7) is 0.484. The number of H-pyrrole nitrogens is 1. The van der Waals surface area contributed by atoms with E-state index in [1.165, 1.54) is 0 Å². The predicted molar refractivity (Wildman–Crippen MR) is 87.2 cm³/mol. The first-order chi connectivity index (χ1) is 11.2. The number of nitriles is 1. The molecule has 1 aliphatic carbocycles. The van der Waals surface area contributed by atoms with Crippen LogP contribution in [0.4, 0.5) is 5.82 Å². The van der Waals surface area contributed by atoms with Gasteiger partial charge in [0.25, 0.3) is 0 Å². The molecule has 0 bridgehead atoms. The van der Waals surface area contributed by atoms with Crippen LogP contribution in [0.2, 0.25) is 5.02 Å². The second kappa shape index (κ2) is 5.52. The van der Waals surface area contributed by atoms with Crippen LogP contribution in [0.3, 0.4) is 0 Å². The molecular weight excluding hydrogens is 312 g/mol. The van der Waals surface area contributed by atoms with Crippen LogP contribution in [0.5, 0.6) is 0 Å². The van der Waals surface area contributed by atoms with Gasteiger partial charge in [0.05, 0.1) is 17.6 Å². The Kier molecular flexibility index (Phi) is 3.36. The third-order valence-corrected chi connectivity index (χ3v) is 3.97. The van der Waals surface area contributed by atoms with Gasteiger partial charge in [-0.2, -0.15) is 5.26 Å². The number of benzene rings is 1. The first-order valence-electron chi connectivity index (χ1n) is 7.38. The Balaban J connectivity index is 1.55. The van der Waals surface area contributed by atoms with Crippen molar-refractivity contribution in [2.75, 3.05) is 5.32 Å². The zero-order valence-electron chi connectivity index (χ0n) is 12.2. The summed E-state index contributed by atoms with van der Waals surface area (Å²) in [6, 6.07) is 9.28. The lowest BCUT2D eigenvalue weighted by atomic mass is 10.3. The van der Waals surface area contributed by atoms with Crippen molar-refractivity contribution in [3.8, 4) is 6.07 Å². The fourth-order valence-corrected chi connectivity index (χ4v) is 2.60. The number of hydrogen-bond donors (Lipinski definition) is 2. The highest BCUT2D eigenvalue weighted by Crippen LogP contribution is 2.38. The quantitative estimate of drug-likeness (QED) is 0.768. The SMILES string of the molecule is N#Cc1cc(NCc2nc3ccc(Cl)cc3[nH]2)nc(C2CC2)n1. The highest BCUT2D eigenvalue weighted by molar-refractivity contribution is 6.31. The monoisotopic (exact) mass is 324 g/mol. The Labute approximate surface area is 137 Å². The predicted octanol–water partition coefficient (Wildman–Crippen LogP) is 3.37. The number of rotatable bonds is 4. The van der Waals surface area contributed by atoms with Crippen LogP contribution in [0.25, 0.3) is 11.0 Å². The Morgan fingerprint density at radius 2 is 2.13 bits per heavy atom. The molecule has 1 saturated carbocycles. The van der Waals surface area contributed by atoms with Crippen molar-refractivity contribution in [2.24, 2.45) is 0 Å². The molecule has 0 saturated heterocycles. The van der Waals surface area contributed by atoms with Gasteiger partial charge in [-0.1, -0.05) is 11.6 Å². The van der Waals surface area contributed by atoms with Crippen LogP contribution >= 0.6 is 11.6 Å². The van der Waals surface area contributed by atoms with Crippen LogP contribution in [0.1, 0.15) is 36.1 Å². The van der Waals surface area contributed by atoms with E-state index in [1.54, 1.807) is 6.07 Å². The zero-order chi connectivity index (χ0) is 15.8. The minimum Gasteiger partial charge on any atom is -0.363 e. The Bertz CT molecular complexity index is 922. The average Bonchev–Trinajstić information content (AvgIpc) is 3.33. The second-order valence-electron chi connectivity index (χ2n) is 5.58. The molecule has 2 aromatic heterocycles. The fourth-order valence-electron chi connectivity index (χ4n) is 2.43. The number of imidazole rings is 1. The molecule has 2 N–H and O–H groups in total. The standard InChI is InChI=1S/C16H13ClN6/c17-10-3-4-12-13(5-10)22-15(21-12)8-19-14-6-11(7-18)20-16(23-14)9-1-2-9/h3-6,9H,1-2,8H2,(H,21,22)(H,19,20,23). The average molecular weight is 325 g/mol. The third-order valence-electron chi connectivity index (χ3n) is 3.73. The van der Waals surface area contributed by atoms with Crippen LogP contribution in [-0.2, 0) is 6.54 Å². The third kappa shape index (κ3) is 2.96. The molecule has 4 rings (SSSR count). The lowest BCUT2D eigenvalue weighted by Gasteiger charge is -2.06. The Morgan fingerprint density at radius 3 is 2.91 bits per heavy atom. The van der Waals surface area contributed by atoms with Crippen molar-refractivity contribution in [1.29, 1.82) is 5.26 Å². The lowest BCUT2D eigenvalue weighted by Crippen LogP contribution is -2.06. The van der Waals surface area contributed by atoms with Gasteiger partial charge in [0.15, 0.2) is 0 Å². The molecule has 0 unspecified atom stereocenters. The van der Waals surface area contributed by atoms with Crippen molar-refractivity contribution < 1.29 is 0 Å². The van der Waals surface area contributed by atoms with Gasteiger partial charge in [0.2, 0.25) is 0 Å². The molecular formula is C16H13ClN6. The topological polar surface area (TPSA) is 90.3 Å². The van der Waals surface area contributed by atoms with Crippen molar-refractivity contribution in [2.45, 2.75) is 25.3 Å². The van der Waals surface area contributed by atoms with Gasteiger partial charge in [-0.05, 0) is 31.0 Å². The van der Waals surface area contributed by atoms with Gasteiger partial charge in [0.1, 0.15) is 29.2 Å². The molecule has 0 radical (unpaired) electrons. The van der Waals surface area contributed by atoms with Gasteiger partial charge in [-0.15, -0.1) is 0 Å². The molecule has 1 aromatic carbocycles. The minimum absolute atomic E-state index is 0.390. The van der Waals surface area contributed by atoms with E-state index < -0.39 is 0 Å². The maximum atomic E-state index is 9.10. The van der Waals surface area contributed by atoms with Gasteiger partial charge < -0.3 is 10.3 Å². The maximum Gasteiger partial charge on any atom is 0.146 e. The van der Waals surface area contributed by atoms with Gasteiger partial charge in [0, 0.05) is 17.0 Å². The molecule has 6 nitrogen and oxygen atoms in total. The first kappa shape index (κ1) is 14.0. The largest absolute Gasteiger partial charge is 0.363 e. The van der Waals surface area contributed by atoms with E-state index in [2.05, 4.69) is 31.3 Å². The highest BCUT2D eigenvalue weighted by Gasteiger charge is 2.27. The van der Waals surface area contributed by atoms with Crippen molar-refractivity contribution in [3.05, 3.63) is 46.6 Å². The van der Waals surface area contributed by atoms with Crippen LogP contribution < -0.4 is 5.32 Å². The summed E-state index contributed by atoms with van der Waals surface area (Å²) >= 11 is 5.98. The van der Waals surface area contributed by atoms with E-state index in [1.807, 2.05) is 18.2 Å². The van der Waals surface area contributed by atoms with Crippen LogP contribution in [-0.4, -0.2) is 19.9 Å². The molecule has 2 heterocycles. The Morgan fingerprint density at radius 1 is 1.26 bits per heavy atom. The Hall–Kier alpha value is -2.65. The normalized spacial score (nSPS) is 13.9. The van der Waals surface area contributed by atoms with Crippen LogP contribution in [0, 0.1) is 11.3 Å². The second-order valence-corrected chi connectivity index (χ2v) is 6.02. The van der Waals surface area contributed by atoms with Gasteiger partial charge in [-0.3, -0.25) is 0 Å². The van der Waals surface area contributed by atoms with E-state index in [4.69, 9.17) is 16.9 Å². The van der Waals surface area contributed by atoms with E-state index in [0.29, 0.717) is 29.0 Å². The molecule has 0 atom stereocenters. The maximum absolute atomic E-state index is 9.10. The molecule has 0 spiro atoms. The first-order valence-corrected chi connectivity index (χ1v) is 7.76. The van der Waals surface area contributed by atoms with E-state index in [9.17, 15) is 0 Å². The summed E-state index contributed by atoms with van der Waals surface area (Å²) in [6.07, 6.45) is 2.19. The van der Waals surface area contributed by atoms with Crippen LogP contribution in [0.15, 0.2) is 24.3 Å². The summed E-state index contributed by atoms with van der Waals surface area (Å²) in [5.41, 5.74) is 2.15. The van der Waals surface area contributed by atoms with E-state index in [0.717, 1.165) is 35.5 Å². The minimum atomic E-state index is 0.390. The summed E-state index contributed by atoms with van der Waals surface area (Å²) < 4.78 is 0. The van der Waals surface area contributed by atoms with Gasteiger partial charge >= 0.3 is 0 Å². The molecule has 7 heteroatoms. The number of nitrogens with one attached hydrogen (secondary N) is 2. The number of hydrogen-bond acceptors (Lipinski definition) is 5. The lowest BCUT2D eigenvalue weighted by molar-refractivity contribution is 0.905. The summed E-state index contributed by atoms with van der Waals surface area (Å²) in [5.74, 6) is 2.59. The van der Waals surface area contributed by atoms with E-state index in [-0.39, 0.29) is 0 Å². The molecule has 0 aliphatic heterocycles. The molecule has 0 amide bonds. The number of fused-ring (bicyclic) bond motifs is 1. The summed E-state index contributed by atoms with van der Waals surface area (Å²) in [4.78, 5) is 16.5. The van der Waals surface area contributed by atoms with Crippen molar-refractivity contribution >= 4 is 28.5 Å². The number of aromatic nitrogens is 4. The number of aromatic amines is 1. The smallest absolute Gasteiger partial charge is 0.146 e. The summed E-state index contributed by atoms with van der Waals surface area (Å²) in [7, 11) is 0. The molecule has 1 fully saturated rings. The van der Waals surface area contributed by atoms with Crippen molar-refractivity contribution in [3.63, 3.8) is 0 Å². The molecule has 114 valence electrons. The number of halogens is 1. The molecule has 1 aliphatic rings. The number of anilines is 1. The highest BCUT2D eigenvalue weighted by atomic mass is 35.5. The van der Waals surface area contributed by atoms with Crippen molar-refractivity contribution in [1.82, 2.24) is 19.9 Å². The fraction of sp³-hybridized carbons (Fsp3) is 0.250. The van der Waals surface area contributed by atoms with Gasteiger partial charge in [-0.25, -0.2) is 15.0 Å².